The second-order valence-corrected chi connectivity index (χ2v) is 35.2. The lowest BCUT2D eigenvalue weighted by Crippen LogP contribution is -2.11. The van der Waals surface area contributed by atoms with Crippen LogP contribution in [0.2, 0.25) is 0 Å². The number of aromatic nitrogens is 2. The van der Waals surface area contributed by atoms with Crippen molar-refractivity contribution in [3.63, 3.8) is 0 Å². The maximum atomic E-state index is 6.49. The van der Waals surface area contributed by atoms with Crippen molar-refractivity contribution in [1.82, 2.24) is 9.13 Å². The topological polar surface area (TPSA) is 42.6 Å². The first kappa shape index (κ1) is 81.6. The van der Waals surface area contributed by atoms with E-state index < -0.39 is 0 Å². The normalized spacial score (nSPS) is 11.5. The van der Waals surface area contributed by atoms with Gasteiger partial charge in [0.2, 0.25) is 0 Å². The van der Waals surface area contributed by atoms with Gasteiger partial charge in [0.05, 0.1) is 39.1 Å². The van der Waals surface area contributed by atoms with E-state index in [0.717, 1.165) is 134 Å². The highest BCUT2D eigenvalue weighted by Gasteiger charge is 2.25. The second kappa shape index (κ2) is 35.3. The molecule has 26 aromatic rings. The molecule has 0 radical (unpaired) electrons. The quantitative estimate of drug-likeness (QED) is 0.0859. The van der Waals surface area contributed by atoms with Gasteiger partial charge in [0.15, 0.2) is 0 Å². The Kier molecular flexibility index (Phi) is 20.9. The molecule has 0 amide bonds. The third-order valence-corrected chi connectivity index (χ3v) is 27.3. The van der Waals surface area contributed by atoms with Gasteiger partial charge in [-0.1, -0.05) is 413 Å². The third kappa shape index (κ3) is 14.8. The molecule has 0 aliphatic heterocycles. The summed E-state index contributed by atoms with van der Waals surface area (Å²) in [6.07, 6.45) is 0. The van der Waals surface area contributed by atoms with Crippen LogP contribution in [-0.4, -0.2) is 9.13 Å². The molecule has 4 heterocycles. The standard InChI is InChI=1S/2C66H44N2O/c1-2-17-45(18-3-1)46-33-35-48(36-34-46)53-20-6-11-28-61(53)67(51-43-39-49(40-44-51)54-26-16-27-60-59-25-10-15-32-65(59)69-66(54)60)50-41-37-47(38-42-50)52-19-4-5-21-55(52)56-22-7-12-29-62(56)68-63-30-13-8-23-57(63)58-24-9-14-31-64(58)68;1-2-16-45(17-3-1)49-18-14-19-50(44-49)46-32-38-51(39-33-46)67(53-42-36-48(37-43-53)55-26-15-27-61-60-25-9-13-31-65(60)69-66(55)61)52-40-34-47(35-41-52)54-20-4-5-21-56(54)57-22-6-10-28-62(57)68-63-29-11-7-23-58(63)59-24-8-12-30-64(59)68/h2*1-44H. The molecule has 0 saturated carbocycles. The molecule has 22 aromatic carbocycles. The molecule has 26 rings (SSSR count). The van der Waals surface area contributed by atoms with E-state index in [4.69, 9.17) is 8.83 Å². The SMILES string of the molecule is c1ccc(-c2ccc(-c3ccccc3N(c3ccc(-c4ccccc4-c4ccccc4-n4c5ccccc5c5ccccc54)cc3)c3ccc(-c4cccc5c4oc4ccccc45)cc3)cc2)cc1.c1ccc(-c2cccc(-c3ccc(N(c4ccc(-c5ccccc5-c5ccccc5-n5c6ccccc6c6ccccc65)cc4)c4ccc(-c5cccc6c5oc5ccccc56)cc4)cc3)c2)cc1. The first-order valence-electron chi connectivity index (χ1n) is 47.2. The van der Waals surface area contributed by atoms with E-state index in [1.165, 1.54) is 110 Å². The fourth-order valence-electron chi connectivity index (χ4n) is 20.8. The molecule has 0 bridgehead atoms. The van der Waals surface area contributed by atoms with Gasteiger partial charge in [-0.3, -0.25) is 0 Å². The van der Waals surface area contributed by atoms with Crippen molar-refractivity contribution in [2.75, 3.05) is 9.80 Å². The molecule has 0 N–H and O–H groups in total. The van der Waals surface area contributed by atoms with Crippen molar-refractivity contribution in [2.24, 2.45) is 0 Å². The number of hydrogen-bond acceptors (Lipinski definition) is 4. The van der Waals surface area contributed by atoms with E-state index in [-0.39, 0.29) is 0 Å². The molecule has 0 fully saturated rings. The van der Waals surface area contributed by atoms with E-state index in [2.05, 4.69) is 529 Å². The Morgan fingerprint density at radius 2 is 0.391 bits per heavy atom. The predicted octanol–water partition coefficient (Wildman–Crippen LogP) is 37.0. The number of rotatable bonds is 18. The van der Waals surface area contributed by atoms with Crippen LogP contribution in [0.3, 0.4) is 0 Å². The molecule has 0 aliphatic rings. The van der Waals surface area contributed by atoms with Crippen LogP contribution in [0.5, 0.6) is 0 Å². The Morgan fingerprint density at radius 1 is 0.145 bits per heavy atom. The zero-order chi connectivity index (χ0) is 91.4. The molecule has 6 nitrogen and oxygen atoms in total. The smallest absolute Gasteiger partial charge is 0.143 e. The number of para-hydroxylation sites is 11. The Bertz CT molecular complexity index is 8940. The minimum atomic E-state index is 0.898. The summed E-state index contributed by atoms with van der Waals surface area (Å²) in [4.78, 5) is 4.74. The van der Waals surface area contributed by atoms with Crippen molar-refractivity contribution in [2.45, 2.75) is 0 Å². The summed E-state index contributed by atoms with van der Waals surface area (Å²) < 4.78 is 17.8. The average molecular weight is 1760 g/mol. The highest BCUT2D eigenvalue weighted by atomic mass is 16.3. The maximum Gasteiger partial charge on any atom is 0.143 e. The van der Waals surface area contributed by atoms with Gasteiger partial charge in [0, 0.05) is 99.3 Å². The summed E-state index contributed by atoms with van der Waals surface area (Å²) in [6.45, 7) is 0. The first-order valence-corrected chi connectivity index (χ1v) is 47.2. The monoisotopic (exact) mass is 1760 g/mol. The van der Waals surface area contributed by atoms with Crippen molar-refractivity contribution in [3.8, 4) is 123 Å². The molecule has 0 saturated heterocycles. The lowest BCUT2D eigenvalue weighted by molar-refractivity contribution is 0.669. The molecule has 0 aliphatic carbocycles. The summed E-state index contributed by atoms with van der Waals surface area (Å²) in [5, 5.41) is 9.51. The number of hydrogen-bond donors (Lipinski definition) is 0. The predicted molar refractivity (Wildman–Crippen MR) is 580 cm³/mol. The van der Waals surface area contributed by atoms with Crippen molar-refractivity contribution < 1.29 is 8.83 Å². The van der Waals surface area contributed by atoms with E-state index in [0.29, 0.717) is 0 Å². The van der Waals surface area contributed by atoms with Crippen LogP contribution in [0.15, 0.2) is 543 Å². The van der Waals surface area contributed by atoms with Crippen LogP contribution < -0.4 is 9.80 Å². The van der Waals surface area contributed by atoms with Crippen LogP contribution in [0.1, 0.15) is 0 Å². The minimum Gasteiger partial charge on any atom is -0.455 e. The minimum absolute atomic E-state index is 0.898. The fourth-order valence-corrected chi connectivity index (χ4v) is 20.8. The van der Waals surface area contributed by atoms with E-state index in [9.17, 15) is 0 Å². The zero-order valence-electron chi connectivity index (χ0n) is 75.4. The maximum absolute atomic E-state index is 6.49. The zero-order valence-corrected chi connectivity index (χ0v) is 75.4. The molecular weight excluding hydrogens is 1670 g/mol. The van der Waals surface area contributed by atoms with E-state index in [1.54, 1.807) is 0 Å². The lowest BCUT2D eigenvalue weighted by atomic mass is 9.93. The van der Waals surface area contributed by atoms with Crippen molar-refractivity contribution in [1.29, 1.82) is 0 Å². The van der Waals surface area contributed by atoms with Gasteiger partial charge in [0.25, 0.3) is 0 Å². The number of anilines is 6. The van der Waals surface area contributed by atoms with Gasteiger partial charge in [0.1, 0.15) is 22.3 Å². The van der Waals surface area contributed by atoms with Gasteiger partial charge in [-0.15, -0.1) is 0 Å². The van der Waals surface area contributed by atoms with Crippen LogP contribution >= 0.6 is 0 Å². The molecule has 0 unspecified atom stereocenters. The summed E-state index contributed by atoms with van der Waals surface area (Å²) >= 11 is 0. The first-order chi connectivity index (χ1) is 68.5. The average Bonchev–Trinajstić information content (AvgIpc) is 1.47. The van der Waals surface area contributed by atoms with Crippen LogP contribution in [0.4, 0.5) is 34.1 Å². The number of fused-ring (bicyclic) bond motifs is 12. The van der Waals surface area contributed by atoms with E-state index >= 15 is 0 Å². The van der Waals surface area contributed by atoms with Crippen LogP contribution in [0, 0.1) is 0 Å². The van der Waals surface area contributed by atoms with E-state index in [1.807, 2.05) is 24.3 Å². The third-order valence-electron chi connectivity index (χ3n) is 27.3. The Hall–Kier alpha value is -18.4. The fraction of sp³-hybridized carbons (Fsp3) is 0. The molecule has 138 heavy (non-hydrogen) atoms. The molecular formula is C132H88N4O2. The molecule has 0 spiro atoms. The van der Waals surface area contributed by atoms with Crippen LogP contribution in [-0.2, 0) is 0 Å². The van der Waals surface area contributed by atoms with Crippen molar-refractivity contribution in [3.05, 3.63) is 534 Å². The Balaban J connectivity index is 0.000000146. The lowest BCUT2D eigenvalue weighted by Gasteiger charge is -2.28. The highest BCUT2D eigenvalue weighted by Crippen LogP contribution is 2.49. The van der Waals surface area contributed by atoms with Gasteiger partial charge >= 0.3 is 0 Å². The van der Waals surface area contributed by atoms with Gasteiger partial charge < -0.3 is 27.8 Å². The van der Waals surface area contributed by atoms with Crippen LogP contribution in [0.25, 0.3) is 210 Å². The van der Waals surface area contributed by atoms with Gasteiger partial charge in [-0.25, -0.2) is 0 Å². The van der Waals surface area contributed by atoms with Gasteiger partial charge in [-0.05, 0) is 205 Å². The Labute approximate surface area is 800 Å². The molecule has 648 valence electrons. The summed E-state index contributed by atoms with van der Waals surface area (Å²) in [7, 11) is 0. The molecule has 4 aromatic heterocycles. The molecule has 0 atom stereocenters. The second-order valence-electron chi connectivity index (χ2n) is 35.2. The van der Waals surface area contributed by atoms with Crippen molar-refractivity contribution >= 4 is 122 Å². The Morgan fingerprint density at radius 3 is 0.804 bits per heavy atom. The number of furan rings is 2. The summed E-state index contributed by atoms with van der Waals surface area (Å²) in [6, 6.07) is 192. The molecule has 6 heteroatoms. The summed E-state index contributed by atoms with van der Waals surface area (Å²) in [5.74, 6) is 0. The highest BCUT2D eigenvalue weighted by molar-refractivity contribution is 6.14. The number of nitrogens with zero attached hydrogens (tertiary/aromatic N) is 4. The van der Waals surface area contributed by atoms with Gasteiger partial charge in [-0.2, -0.15) is 0 Å². The largest absolute Gasteiger partial charge is 0.455 e. The summed E-state index contributed by atoms with van der Waals surface area (Å²) in [5.41, 5.74) is 40.2. The number of benzene rings is 22.